The second kappa shape index (κ2) is 3.24. The van der Waals surface area contributed by atoms with Crippen molar-refractivity contribution in [3.05, 3.63) is 29.3 Å². The second-order valence-corrected chi connectivity index (χ2v) is 2.41. The van der Waals surface area contributed by atoms with Crippen LogP contribution < -0.4 is 5.73 Å². The Kier molecular flexibility index (Phi) is 2.41. The molecule has 2 N–H and O–H groups in total. The van der Waals surface area contributed by atoms with Crippen molar-refractivity contribution >= 4 is 5.91 Å². The predicted molar refractivity (Wildman–Crippen MR) is 37.7 cm³/mol. The van der Waals surface area contributed by atoms with Crippen LogP contribution in [0.3, 0.4) is 0 Å². The number of nitrogens with zero attached hydrogens (tertiary/aromatic N) is 1. The maximum absolute atomic E-state index is 12.4. The largest absolute Gasteiger partial charge is 0.418 e. The van der Waals surface area contributed by atoms with Crippen molar-refractivity contribution in [2.45, 2.75) is 6.18 Å². The highest BCUT2D eigenvalue weighted by Crippen LogP contribution is 2.31. The summed E-state index contributed by atoms with van der Waals surface area (Å²) in [5, 5.41) is 0. The quantitative estimate of drug-likeness (QED) is 0.708. The van der Waals surface area contributed by atoms with Gasteiger partial charge in [-0.05, 0) is 6.07 Å². The normalized spacial score (nSPS) is 11.4. The number of carbonyl (C=O) groups is 1. The van der Waals surface area contributed by atoms with Gasteiger partial charge in [0.1, 0.15) is 11.5 Å². The van der Waals surface area contributed by atoms with Crippen LogP contribution in [0.4, 0.5) is 17.6 Å². The van der Waals surface area contributed by atoms with Gasteiger partial charge in [-0.15, -0.1) is 0 Å². The minimum absolute atomic E-state index is 0.174. The summed E-state index contributed by atoms with van der Waals surface area (Å²) in [4.78, 5) is 13.5. The molecule has 1 amide bonds. The molecule has 0 spiro atoms. The number of nitrogens with two attached hydrogens (primary N) is 1. The molecule has 0 aliphatic rings. The van der Waals surface area contributed by atoms with E-state index in [1.165, 1.54) is 0 Å². The van der Waals surface area contributed by atoms with E-state index in [0.717, 1.165) is 0 Å². The lowest BCUT2D eigenvalue weighted by Gasteiger charge is -2.08. The number of hydrogen-bond acceptors (Lipinski definition) is 2. The first-order valence-electron chi connectivity index (χ1n) is 3.35. The van der Waals surface area contributed by atoms with Crippen LogP contribution in [-0.4, -0.2) is 10.9 Å². The van der Waals surface area contributed by atoms with Crippen molar-refractivity contribution in [1.82, 2.24) is 4.98 Å². The number of aromatic nitrogens is 1. The molecular formula is C7H4F4N2O. The zero-order valence-corrected chi connectivity index (χ0v) is 6.60. The first kappa shape index (κ1) is 10.4. The molecule has 0 fully saturated rings. The molecule has 0 aromatic carbocycles. The lowest BCUT2D eigenvalue weighted by Crippen LogP contribution is -2.20. The van der Waals surface area contributed by atoms with E-state index in [2.05, 4.69) is 10.7 Å². The maximum atomic E-state index is 12.4. The molecule has 0 bridgehead atoms. The van der Waals surface area contributed by atoms with E-state index >= 15 is 0 Å². The SMILES string of the molecule is NC(=O)c1ncc(F)cc1C(F)(F)F. The van der Waals surface area contributed by atoms with Gasteiger partial charge in [-0.3, -0.25) is 4.79 Å². The van der Waals surface area contributed by atoms with Crippen molar-refractivity contribution in [3.8, 4) is 0 Å². The standard InChI is InChI=1S/C7H4F4N2O/c8-3-1-4(7(9,10)11)5(6(12)14)13-2-3/h1-2H,(H2,12,14). The molecule has 3 nitrogen and oxygen atoms in total. The Bertz CT molecular complexity index is 374. The molecule has 0 saturated heterocycles. The third-order valence-electron chi connectivity index (χ3n) is 1.39. The summed E-state index contributed by atoms with van der Waals surface area (Å²) >= 11 is 0. The second-order valence-electron chi connectivity index (χ2n) is 2.41. The fourth-order valence-electron chi connectivity index (χ4n) is 0.852. The fourth-order valence-corrected chi connectivity index (χ4v) is 0.852. The summed E-state index contributed by atoms with van der Waals surface area (Å²) in [6.07, 6.45) is -4.35. The van der Waals surface area contributed by atoms with Crippen molar-refractivity contribution in [1.29, 1.82) is 0 Å². The van der Waals surface area contributed by atoms with Crippen molar-refractivity contribution in [2.75, 3.05) is 0 Å². The molecule has 1 aromatic rings. The number of primary amides is 1. The van der Waals surface area contributed by atoms with E-state index in [0.29, 0.717) is 6.20 Å². The number of carbonyl (C=O) groups excluding carboxylic acids is 1. The number of alkyl halides is 3. The van der Waals surface area contributed by atoms with Gasteiger partial charge in [0.2, 0.25) is 0 Å². The summed E-state index contributed by atoms with van der Waals surface area (Å²) in [6.45, 7) is 0. The Hall–Kier alpha value is -1.66. The summed E-state index contributed by atoms with van der Waals surface area (Å²) in [7, 11) is 0. The molecule has 0 aliphatic carbocycles. The van der Waals surface area contributed by atoms with E-state index < -0.39 is 29.2 Å². The molecule has 0 radical (unpaired) electrons. The van der Waals surface area contributed by atoms with Crippen LogP contribution in [0.25, 0.3) is 0 Å². The zero-order chi connectivity index (χ0) is 10.9. The Labute approximate surface area is 75.5 Å². The van der Waals surface area contributed by atoms with Crippen LogP contribution in [0.1, 0.15) is 16.1 Å². The number of amides is 1. The maximum Gasteiger partial charge on any atom is 0.418 e. The molecule has 0 atom stereocenters. The van der Waals surface area contributed by atoms with Crippen LogP contribution in [-0.2, 0) is 6.18 Å². The van der Waals surface area contributed by atoms with Crippen LogP contribution in [0.5, 0.6) is 0 Å². The van der Waals surface area contributed by atoms with Gasteiger partial charge in [-0.2, -0.15) is 13.2 Å². The Morgan fingerprint density at radius 3 is 2.43 bits per heavy atom. The van der Waals surface area contributed by atoms with Gasteiger partial charge in [0, 0.05) is 0 Å². The number of hydrogen-bond donors (Lipinski definition) is 1. The molecule has 76 valence electrons. The third kappa shape index (κ3) is 1.98. The van der Waals surface area contributed by atoms with Gasteiger partial charge in [0.05, 0.1) is 11.8 Å². The van der Waals surface area contributed by atoms with Crippen LogP contribution >= 0.6 is 0 Å². The van der Waals surface area contributed by atoms with E-state index in [9.17, 15) is 22.4 Å². The number of halogens is 4. The van der Waals surface area contributed by atoms with Crippen molar-refractivity contribution in [2.24, 2.45) is 5.73 Å². The average molecular weight is 208 g/mol. The number of pyridine rings is 1. The van der Waals surface area contributed by atoms with Gasteiger partial charge in [-0.25, -0.2) is 9.37 Å². The van der Waals surface area contributed by atoms with Crippen molar-refractivity contribution < 1.29 is 22.4 Å². The highest BCUT2D eigenvalue weighted by atomic mass is 19.4. The monoisotopic (exact) mass is 208 g/mol. The molecule has 1 heterocycles. The van der Waals surface area contributed by atoms with Crippen molar-refractivity contribution in [3.63, 3.8) is 0 Å². The average Bonchev–Trinajstić information content (AvgIpc) is 2.01. The van der Waals surface area contributed by atoms with Gasteiger partial charge in [-0.1, -0.05) is 0 Å². The molecule has 1 aromatic heterocycles. The molecular weight excluding hydrogens is 204 g/mol. The lowest BCUT2D eigenvalue weighted by atomic mass is 10.2. The Morgan fingerprint density at radius 2 is 2.00 bits per heavy atom. The third-order valence-corrected chi connectivity index (χ3v) is 1.39. The van der Waals surface area contributed by atoms with E-state index in [4.69, 9.17) is 0 Å². The van der Waals surface area contributed by atoms with Gasteiger partial charge in [0.15, 0.2) is 0 Å². The molecule has 1 rings (SSSR count). The van der Waals surface area contributed by atoms with Crippen LogP contribution in [0.15, 0.2) is 12.3 Å². The predicted octanol–water partition coefficient (Wildman–Crippen LogP) is 1.34. The molecule has 14 heavy (non-hydrogen) atoms. The molecule has 0 unspecified atom stereocenters. The van der Waals surface area contributed by atoms with Crippen LogP contribution in [0.2, 0.25) is 0 Å². The van der Waals surface area contributed by atoms with Gasteiger partial charge < -0.3 is 5.73 Å². The van der Waals surface area contributed by atoms with Crippen LogP contribution in [0, 0.1) is 5.82 Å². The lowest BCUT2D eigenvalue weighted by molar-refractivity contribution is -0.138. The van der Waals surface area contributed by atoms with E-state index in [-0.39, 0.29) is 6.07 Å². The van der Waals surface area contributed by atoms with E-state index in [1.54, 1.807) is 0 Å². The highest BCUT2D eigenvalue weighted by Gasteiger charge is 2.36. The van der Waals surface area contributed by atoms with Gasteiger partial charge in [0.25, 0.3) is 5.91 Å². The summed E-state index contributed by atoms with van der Waals surface area (Å²) in [5.74, 6) is -2.53. The first-order chi connectivity index (χ1) is 6.32. The minimum atomic E-state index is -4.85. The highest BCUT2D eigenvalue weighted by molar-refractivity contribution is 5.92. The van der Waals surface area contributed by atoms with E-state index in [1.807, 2.05) is 0 Å². The topological polar surface area (TPSA) is 56.0 Å². The zero-order valence-electron chi connectivity index (χ0n) is 6.60. The summed E-state index contributed by atoms with van der Waals surface area (Å²) in [5.41, 5.74) is 2.18. The molecule has 0 aliphatic heterocycles. The molecule has 0 saturated carbocycles. The Morgan fingerprint density at radius 1 is 1.43 bits per heavy atom. The minimum Gasteiger partial charge on any atom is -0.364 e. The fraction of sp³-hybridized carbons (Fsp3) is 0.143. The summed E-state index contributed by atoms with van der Waals surface area (Å²) in [6, 6.07) is 0.174. The summed E-state index contributed by atoms with van der Waals surface area (Å²) < 4.78 is 48.9. The molecule has 7 heteroatoms. The van der Waals surface area contributed by atoms with Gasteiger partial charge >= 0.3 is 6.18 Å². The first-order valence-corrected chi connectivity index (χ1v) is 3.35. The number of rotatable bonds is 1. The smallest absolute Gasteiger partial charge is 0.364 e. The Balaban J connectivity index is 3.38.